The summed E-state index contributed by atoms with van der Waals surface area (Å²) in [5.41, 5.74) is -0.862. The molecule has 0 saturated carbocycles. The lowest BCUT2D eigenvalue weighted by Crippen LogP contribution is -2.36. The minimum absolute atomic E-state index is 0.0673. The van der Waals surface area contributed by atoms with Crippen LogP contribution in [0.3, 0.4) is 0 Å². The van der Waals surface area contributed by atoms with Gasteiger partial charge in [-0.15, -0.1) is 0 Å². The van der Waals surface area contributed by atoms with E-state index in [-0.39, 0.29) is 10.6 Å². The van der Waals surface area contributed by atoms with Gasteiger partial charge < -0.3 is 4.98 Å². The molecule has 5 nitrogen and oxygen atoms in total. The zero-order valence-corrected chi connectivity index (χ0v) is 12.7. The molecule has 0 spiro atoms. The topological polar surface area (TPSA) is 71.9 Å². The molecule has 0 aliphatic carbocycles. The van der Waals surface area contributed by atoms with Gasteiger partial charge in [0, 0.05) is 4.90 Å². The Labute approximate surface area is 135 Å². The third-order valence-electron chi connectivity index (χ3n) is 3.20. The van der Waals surface area contributed by atoms with E-state index in [1.807, 2.05) is 30.3 Å². The highest BCUT2D eigenvalue weighted by atomic mass is 32.2. The molecular formula is C17H12N2O3S. The van der Waals surface area contributed by atoms with Gasteiger partial charge in [0.25, 0.3) is 5.56 Å². The van der Waals surface area contributed by atoms with Crippen molar-refractivity contribution < 1.29 is 4.79 Å². The molecule has 0 bridgehead atoms. The highest BCUT2D eigenvalue weighted by Crippen LogP contribution is 2.25. The van der Waals surface area contributed by atoms with Crippen LogP contribution in [0.2, 0.25) is 0 Å². The van der Waals surface area contributed by atoms with Gasteiger partial charge in [-0.3, -0.25) is 9.59 Å². The van der Waals surface area contributed by atoms with Crippen molar-refractivity contribution in [2.45, 2.75) is 9.92 Å². The average Bonchev–Trinajstić information content (AvgIpc) is 2.57. The van der Waals surface area contributed by atoms with Gasteiger partial charge in [-0.1, -0.05) is 48.2 Å². The number of aromatic nitrogens is 2. The van der Waals surface area contributed by atoms with Crippen molar-refractivity contribution in [3.05, 3.63) is 87.1 Å². The van der Waals surface area contributed by atoms with E-state index in [1.54, 1.807) is 30.3 Å². The number of rotatable bonds is 4. The summed E-state index contributed by atoms with van der Waals surface area (Å²) in [7, 11) is 0. The van der Waals surface area contributed by atoms with Crippen molar-refractivity contribution in [3.63, 3.8) is 0 Å². The van der Waals surface area contributed by atoms with Crippen LogP contribution in [0.25, 0.3) is 5.69 Å². The van der Waals surface area contributed by atoms with Crippen molar-refractivity contribution in [1.29, 1.82) is 0 Å². The molecule has 1 aromatic heterocycles. The van der Waals surface area contributed by atoms with Gasteiger partial charge in [-0.25, -0.2) is 9.36 Å². The molecule has 0 aliphatic heterocycles. The Morgan fingerprint density at radius 1 is 0.913 bits per heavy atom. The van der Waals surface area contributed by atoms with E-state index in [0.29, 0.717) is 12.0 Å². The zero-order chi connectivity index (χ0) is 16.2. The molecule has 0 fully saturated rings. The fourth-order valence-electron chi connectivity index (χ4n) is 2.13. The van der Waals surface area contributed by atoms with Crippen LogP contribution < -0.4 is 11.2 Å². The van der Waals surface area contributed by atoms with Crippen LogP contribution in [0.15, 0.2) is 80.2 Å². The first-order chi connectivity index (χ1) is 11.2. The summed E-state index contributed by atoms with van der Waals surface area (Å²) in [6.45, 7) is 0. The Balaban J connectivity index is 2.16. The van der Waals surface area contributed by atoms with E-state index in [2.05, 4.69) is 4.98 Å². The van der Waals surface area contributed by atoms with Gasteiger partial charge in [-0.2, -0.15) is 0 Å². The third-order valence-corrected chi connectivity index (χ3v) is 4.23. The summed E-state index contributed by atoms with van der Waals surface area (Å²) in [5.74, 6) is 0. The molecule has 0 saturated heterocycles. The van der Waals surface area contributed by atoms with Gasteiger partial charge in [0.1, 0.15) is 5.56 Å². The summed E-state index contributed by atoms with van der Waals surface area (Å²) < 4.78 is 0.957. The number of aromatic amines is 1. The van der Waals surface area contributed by atoms with Crippen LogP contribution in [-0.2, 0) is 0 Å². The lowest BCUT2D eigenvalue weighted by Gasteiger charge is -2.09. The van der Waals surface area contributed by atoms with Crippen molar-refractivity contribution in [2.24, 2.45) is 0 Å². The number of nitrogens with zero attached hydrogens (tertiary/aromatic N) is 1. The predicted octanol–water partition coefficient (Wildman–Crippen LogP) is 2.49. The number of hydrogen-bond donors (Lipinski definition) is 1. The van der Waals surface area contributed by atoms with E-state index in [9.17, 15) is 14.4 Å². The van der Waals surface area contributed by atoms with Crippen LogP contribution in [0.5, 0.6) is 0 Å². The van der Waals surface area contributed by atoms with Crippen molar-refractivity contribution >= 4 is 18.0 Å². The molecule has 1 N–H and O–H groups in total. The van der Waals surface area contributed by atoms with Crippen molar-refractivity contribution in [2.75, 3.05) is 0 Å². The minimum atomic E-state index is -0.631. The fraction of sp³-hybridized carbons (Fsp3) is 0. The molecule has 3 aromatic rings. The van der Waals surface area contributed by atoms with Crippen molar-refractivity contribution in [1.82, 2.24) is 9.55 Å². The number of hydrogen-bond acceptors (Lipinski definition) is 4. The monoisotopic (exact) mass is 324 g/mol. The summed E-state index contributed by atoms with van der Waals surface area (Å²) in [6, 6.07) is 17.7. The Kier molecular flexibility index (Phi) is 4.25. The first-order valence-corrected chi connectivity index (χ1v) is 7.65. The number of aldehydes is 1. The zero-order valence-electron chi connectivity index (χ0n) is 11.9. The van der Waals surface area contributed by atoms with E-state index in [4.69, 9.17) is 0 Å². The van der Waals surface area contributed by atoms with Crippen LogP contribution in [0.4, 0.5) is 0 Å². The molecule has 0 amide bonds. The Morgan fingerprint density at radius 3 is 2.13 bits per heavy atom. The van der Waals surface area contributed by atoms with Crippen LogP contribution in [-0.4, -0.2) is 15.8 Å². The first kappa shape index (κ1) is 15.1. The van der Waals surface area contributed by atoms with Gasteiger partial charge in [-0.05, 0) is 24.3 Å². The standard InChI is InChI=1S/C17H12N2O3S/c20-11-14-15(23-13-9-5-2-6-10-13)18-17(22)19(16(14)21)12-7-3-1-4-8-12/h1-11H,(H,18,22). The number of carbonyl (C=O) groups is 1. The smallest absolute Gasteiger partial charge is 0.300 e. The number of nitrogens with one attached hydrogen (secondary N) is 1. The maximum atomic E-state index is 12.5. The van der Waals surface area contributed by atoms with E-state index >= 15 is 0 Å². The van der Waals surface area contributed by atoms with Gasteiger partial charge in [0.05, 0.1) is 10.7 Å². The maximum Gasteiger partial charge on any atom is 0.333 e. The normalized spacial score (nSPS) is 10.4. The summed E-state index contributed by atoms with van der Waals surface area (Å²) in [5, 5.41) is 0.244. The average molecular weight is 324 g/mol. The Hall–Kier alpha value is -2.86. The van der Waals surface area contributed by atoms with Crippen LogP contribution in [0, 0.1) is 0 Å². The van der Waals surface area contributed by atoms with Gasteiger partial charge >= 0.3 is 5.69 Å². The number of benzene rings is 2. The molecular weight excluding hydrogens is 312 g/mol. The molecule has 3 rings (SSSR count). The molecule has 0 radical (unpaired) electrons. The second-order valence-electron chi connectivity index (χ2n) is 4.68. The van der Waals surface area contributed by atoms with Crippen LogP contribution >= 0.6 is 11.8 Å². The Bertz CT molecular complexity index is 947. The molecule has 0 unspecified atom stereocenters. The summed E-state index contributed by atoms with van der Waals surface area (Å²) in [6.07, 6.45) is 0.475. The van der Waals surface area contributed by atoms with Crippen LogP contribution in [0.1, 0.15) is 10.4 Å². The lowest BCUT2D eigenvalue weighted by molar-refractivity contribution is 0.111. The third kappa shape index (κ3) is 3.02. The quantitative estimate of drug-likeness (QED) is 0.591. The highest BCUT2D eigenvalue weighted by Gasteiger charge is 2.15. The molecule has 2 aromatic carbocycles. The lowest BCUT2D eigenvalue weighted by atomic mass is 10.3. The molecule has 1 heterocycles. The van der Waals surface area contributed by atoms with Gasteiger partial charge in [0.15, 0.2) is 6.29 Å². The largest absolute Gasteiger partial charge is 0.333 e. The second kappa shape index (κ2) is 6.50. The van der Waals surface area contributed by atoms with Gasteiger partial charge in [0.2, 0.25) is 0 Å². The van der Waals surface area contributed by atoms with E-state index < -0.39 is 11.2 Å². The molecule has 114 valence electrons. The number of para-hydroxylation sites is 1. The summed E-state index contributed by atoms with van der Waals surface area (Å²) in [4.78, 5) is 39.7. The minimum Gasteiger partial charge on any atom is -0.300 e. The SMILES string of the molecule is O=Cc1c(Sc2ccccc2)[nH]c(=O)n(-c2ccccc2)c1=O. The maximum absolute atomic E-state index is 12.5. The summed E-state index contributed by atoms with van der Waals surface area (Å²) >= 11 is 1.17. The number of H-pyrrole nitrogens is 1. The molecule has 0 atom stereocenters. The molecule has 6 heteroatoms. The van der Waals surface area contributed by atoms with E-state index in [0.717, 1.165) is 9.46 Å². The van der Waals surface area contributed by atoms with Crippen molar-refractivity contribution in [3.8, 4) is 5.69 Å². The first-order valence-electron chi connectivity index (χ1n) is 6.83. The second-order valence-corrected chi connectivity index (χ2v) is 5.77. The van der Waals surface area contributed by atoms with E-state index in [1.165, 1.54) is 11.8 Å². The number of carbonyl (C=O) groups excluding carboxylic acids is 1. The highest BCUT2D eigenvalue weighted by molar-refractivity contribution is 7.99. The molecule has 0 aliphatic rings. The molecule has 23 heavy (non-hydrogen) atoms. The fourth-order valence-corrected chi connectivity index (χ4v) is 3.05. The Morgan fingerprint density at radius 2 is 1.52 bits per heavy atom. The predicted molar refractivity (Wildman–Crippen MR) is 88.6 cm³/mol.